The fourth-order valence-corrected chi connectivity index (χ4v) is 7.05. The van der Waals surface area contributed by atoms with Crippen molar-refractivity contribution in [2.45, 2.75) is 43.6 Å². The minimum atomic E-state index is -1.22. The van der Waals surface area contributed by atoms with Gasteiger partial charge in [-0.2, -0.15) is 0 Å². The molecule has 0 saturated carbocycles. The molecule has 3 N–H and O–H groups in total. The van der Waals surface area contributed by atoms with E-state index < -0.39 is 48.1 Å². The van der Waals surface area contributed by atoms with Gasteiger partial charge in [-0.25, -0.2) is 0 Å². The summed E-state index contributed by atoms with van der Waals surface area (Å²) < 4.78 is 6.52. The summed E-state index contributed by atoms with van der Waals surface area (Å²) in [6.07, 6.45) is 0.474. The Bertz CT molecular complexity index is 1430. The highest BCUT2D eigenvalue weighted by Gasteiger charge is 2.75. The van der Waals surface area contributed by atoms with Crippen LogP contribution in [-0.2, 0) is 19.1 Å². The molecular formula is C31H30ClN3O5. The molecular weight excluding hydrogens is 530 g/mol. The number of fused-ring (bicyclic) bond motifs is 1. The van der Waals surface area contributed by atoms with Crippen molar-refractivity contribution in [3.8, 4) is 0 Å². The van der Waals surface area contributed by atoms with Crippen molar-refractivity contribution < 1.29 is 24.2 Å². The third-order valence-electron chi connectivity index (χ3n) is 8.49. The fraction of sp³-hybridized carbons (Fsp3) is 0.323. The third kappa shape index (κ3) is 4.18. The smallest absolute Gasteiger partial charge is 0.250 e. The Morgan fingerprint density at radius 1 is 1.02 bits per heavy atom. The lowest BCUT2D eigenvalue weighted by molar-refractivity contribution is -0.143. The Labute approximate surface area is 237 Å². The summed E-state index contributed by atoms with van der Waals surface area (Å²) in [6.45, 7) is 1.43. The Hall–Kier alpha value is -3.72. The molecule has 0 radical (unpaired) electrons. The number of halogens is 1. The number of aliphatic hydroxyl groups is 1. The number of amides is 3. The monoisotopic (exact) mass is 559 g/mol. The summed E-state index contributed by atoms with van der Waals surface area (Å²) in [6, 6.07) is 21.6. The quantitative estimate of drug-likeness (QED) is 0.399. The maximum absolute atomic E-state index is 14.4. The van der Waals surface area contributed by atoms with Gasteiger partial charge < -0.3 is 25.4 Å². The van der Waals surface area contributed by atoms with E-state index in [4.69, 9.17) is 16.3 Å². The summed E-state index contributed by atoms with van der Waals surface area (Å²) in [5, 5.41) is 16.8. The number of aryl methyl sites for hydroxylation is 1. The highest BCUT2D eigenvalue weighted by molar-refractivity contribution is 6.34. The minimum Gasteiger partial charge on any atom is -0.394 e. The van der Waals surface area contributed by atoms with E-state index in [0.717, 1.165) is 5.56 Å². The number of nitrogens with one attached hydrogen (secondary N) is 2. The van der Waals surface area contributed by atoms with Crippen LogP contribution in [-0.4, -0.2) is 52.1 Å². The fourth-order valence-electron chi connectivity index (χ4n) is 6.78. The zero-order valence-corrected chi connectivity index (χ0v) is 22.7. The van der Waals surface area contributed by atoms with Crippen LogP contribution >= 0.6 is 11.6 Å². The van der Waals surface area contributed by atoms with Crippen LogP contribution in [0.25, 0.3) is 0 Å². The normalized spacial score (nSPS) is 27.4. The van der Waals surface area contributed by atoms with Gasteiger partial charge in [0.05, 0.1) is 41.3 Å². The summed E-state index contributed by atoms with van der Waals surface area (Å²) in [5.41, 5.74) is 1.30. The van der Waals surface area contributed by atoms with Crippen LogP contribution in [0.5, 0.6) is 0 Å². The van der Waals surface area contributed by atoms with E-state index in [9.17, 15) is 19.5 Å². The zero-order valence-electron chi connectivity index (χ0n) is 21.9. The molecule has 0 aliphatic carbocycles. The molecule has 40 heavy (non-hydrogen) atoms. The van der Waals surface area contributed by atoms with E-state index in [-0.39, 0.29) is 11.8 Å². The Morgan fingerprint density at radius 2 is 1.73 bits per heavy atom. The van der Waals surface area contributed by atoms with Gasteiger partial charge >= 0.3 is 0 Å². The molecule has 0 aromatic heterocycles. The molecule has 2 unspecified atom stereocenters. The number of hydrogen-bond donors (Lipinski definition) is 3. The molecule has 3 amide bonds. The van der Waals surface area contributed by atoms with Crippen LogP contribution in [0.15, 0.2) is 78.9 Å². The van der Waals surface area contributed by atoms with Crippen molar-refractivity contribution in [2.75, 3.05) is 17.2 Å². The first-order valence-electron chi connectivity index (χ1n) is 13.4. The second-order valence-corrected chi connectivity index (χ2v) is 11.1. The first kappa shape index (κ1) is 26.5. The first-order valence-corrected chi connectivity index (χ1v) is 13.8. The van der Waals surface area contributed by atoms with Gasteiger partial charge in [-0.3, -0.25) is 14.4 Å². The second-order valence-electron chi connectivity index (χ2n) is 10.7. The molecule has 3 heterocycles. The van der Waals surface area contributed by atoms with E-state index in [1.165, 1.54) is 4.90 Å². The minimum absolute atomic E-state index is 0.320. The molecule has 3 aliphatic heterocycles. The van der Waals surface area contributed by atoms with Gasteiger partial charge in [-0.15, -0.1) is 0 Å². The molecule has 3 aromatic carbocycles. The number of hydrogen-bond acceptors (Lipinski definition) is 5. The van der Waals surface area contributed by atoms with Gasteiger partial charge in [-0.05, 0) is 49.1 Å². The number of nitrogens with zero attached hydrogens (tertiary/aromatic N) is 1. The number of carbonyl (C=O) groups excluding carboxylic acids is 3. The lowest BCUT2D eigenvalue weighted by Crippen LogP contribution is -2.54. The van der Waals surface area contributed by atoms with Gasteiger partial charge in [-0.1, -0.05) is 72.3 Å². The third-order valence-corrected chi connectivity index (χ3v) is 8.81. The SMILES string of the molecule is Cc1cccc(Cl)c1NC(=O)C1N([C@H](CO)c2ccccc2)C(=O)[C@@H]2[C@@H](C(=O)Nc3ccccc3)[C@H]3CCC12O3. The standard InChI is InChI=1S/C31H30ClN3O5/c1-18-9-8-14-21(32)26(18)34-29(38)27-31-16-15-23(40-31)24(28(37)33-20-12-6-3-7-13-20)25(31)30(39)35(27)22(17-36)19-10-4-2-5-11-19/h2-14,22-25,27,36H,15-17H2,1H3,(H,33,37)(H,34,38)/t22-,23-,24+,25+,27?,31?/m1/s1. The van der Waals surface area contributed by atoms with E-state index in [1.54, 1.807) is 24.3 Å². The largest absolute Gasteiger partial charge is 0.394 e. The number of anilines is 2. The lowest BCUT2D eigenvalue weighted by atomic mass is 9.70. The van der Waals surface area contributed by atoms with Crippen molar-refractivity contribution in [2.24, 2.45) is 11.8 Å². The number of aliphatic hydroxyl groups excluding tert-OH is 1. The summed E-state index contributed by atoms with van der Waals surface area (Å²) >= 11 is 6.44. The van der Waals surface area contributed by atoms with Gasteiger partial charge in [0, 0.05) is 5.69 Å². The van der Waals surface area contributed by atoms with Crippen LogP contribution in [0.1, 0.15) is 30.0 Å². The van der Waals surface area contributed by atoms with Crippen LogP contribution in [0.3, 0.4) is 0 Å². The van der Waals surface area contributed by atoms with E-state index in [1.807, 2.05) is 61.5 Å². The highest BCUT2D eigenvalue weighted by atomic mass is 35.5. The van der Waals surface area contributed by atoms with Crippen LogP contribution in [0.4, 0.5) is 11.4 Å². The summed E-state index contributed by atoms with van der Waals surface area (Å²) in [7, 11) is 0. The number of benzene rings is 3. The van der Waals surface area contributed by atoms with Crippen molar-refractivity contribution >= 4 is 40.7 Å². The average Bonchev–Trinajstić information content (AvgIpc) is 3.60. The zero-order chi connectivity index (χ0) is 28.0. The Balaban J connectivity index is 1.42. The Morgan fingerprint density at radius 3 is 2.40 bits per heavy atom. The van der Waals surface area contributed by atoms with Gasteiger partial charge in [0.15, 0.2) is 0 Å². The second kappa shape index (κ2) is 10.4. The maximum atomic E-state index is 14.4. The summed E-state index contributed by atoms with van der Waals surface area (Å²) in [5.74, 6) is -2.82. The lowest BCUT2D eigenvalue weighted by Gasteiger charge is -2.37. The number of rotatable bonds is 7. The Kier molecular flexibility index (Phi) is 6.86. The van der Waals surface area contributed by atoms with Crippen LogP contribution in [0, 0.1) is 18.8 Å². The molecule has 3 aromatic rings. The number of ether oxygens (including phenoxy) is 1. The van der Waals surface area contributed by atoms with Gasteiger partial charge in [0.2, 0.25) is 17.7 Å². The topological polar surface area (TPSA) is 108 Å². The van der Waals surface area contributed by atoms with Crippen molar-refractivity contribution in [3.05, 3.63) is 95.0 Å². The molecule has 1 spiro atoms. The number of para-hydroxylation sites is 2. The predicted molar refractivity (Wildman–Crippen MR) is 151 cm³/mol. The molecule has 3 fully saturated rings. The van der Waals surface area contributed by atoms with Gasteiger partial charge in [0.25, 0.3) is 0 Å². The van der Waals surface area contributed by atoms with E-state index >= 15 is 0 Å². The van der Waals surface area contributed by atoms with Crippen molar-refractivity contribution in [1.29, 1.82) is 0 Å². The molecule has 2 bridgehead atoms. The molecule has 3 aliphatic rings. The van der Waals surface area contributed by atoms with Crippen molar-refractivity contribution in [3.63, 3.8) is 0 Å². The predicted octanol–water partition coefficient (Wildman–Crippen LogP) is 4.33. The van der Waals surface area contributed by atoms with Crippen molar-refractivity contribution in [1.82, 2.24) is 4.90 Å². The van der Waals surface area contributed by atoms with Gasteiger partial charge in [0.1, 0.15) is 11.6 Å². The number of likely N-dealkylation sites (tertiary alicyclic amines) is 1. The van der Waals surface area contributed by atoms with E-state index in [2.05, 4.69) is 10.6 Å². The average molecular weight is 560 g/mol. The number of carbonyl (C=O) groups is 3. The molecule has 6 atom stereocenters. The highest BCUT2D eigenvalue weighted by Crippen LogP contribution is 2.60. The maximum Gasteiger partial charge on any atom is 0.250 e. The molecule has 9 heteroatoms. The molecule has 8 nitrogen and oxygen atoms in total. The summed E-state index contributed by atoms with van der Waals surface area (Å²) in [4.78, 5) is 43.6. The first-order chi connectivity index (χ1) is 19.4. The van der Waals surface area contributed by atoms with Crippen LogP contribution in [0.2, 0.25) is 5.02 Å². The molecule has 3 saturated heterocycles. The molecule has 206 valence electrons. The molecule has 6 rings (SSSR count). The van der Waals surface area contributed by atoms with Crippen LogP contribution < -0.4 is 10.6 Å². The van der Waals surface area contributed by atoms with E-state index in [0.29, 0.717) is 34.8 Å².